The summed E-state index contributed by atoms with van der Waals surface area (Å²) in [5, 5.41) is 9.75. The number of nitriles is 1. The number of methoxy groups -OCH3 is 1. The van der Waals surface area contributed by atoms with Crippen molar-refractivity contribution in [1.82, 2.24) is 0 Å². The minimum Gasteiger partial charge on any atom is -0.465 e. The highest BCUT2D eigenvalue weighted by Gasteiger charge is 2.48. The molecule has 2 aromatic rings. The van der Waals surface area contributed by atoms with Gasteiger partial charge in [-0.25, -0.2) is 9.18 Å². The normalized spacial score (nSPS) is 18.4. The number of hydrogen-bond donors (Lipinski definition) is 0. The molecule has 1 heterocycles. The second kappa shape index (κ2) is 6.43. The standard InChI is InChI=1S/C19H14ClFN2O3/c1-19(10-22)13-7-6-11(17(24)26-2)8-16(13)23(18(19)25)9-12-14(20)4-3-5-15(12)21/h3-8H,9H2,1-2H3. The maximum atomic E-state index is 14.2. The highest BCUT2D eigenvalue weighted by atomic mass is 35.5. The Kier molecular flexibility index (Phi) is 4.43. The minimum absolute atomic E-state index is 0.138. The molecular weight excluding hydrogens is 359 g/mol. The molecule has 26 heavy (non-hydrogen) atoms. The van der Waals surface area contributed by atoms with Gasteiger partial charge in [0.15, 0.2) is 5.41 Å². The lowest BCUT2D eigenvalue weighted by atomic mass is 9.85. The first kappa shape index (κ1) is 17.9. The van der Waals surface area contributed by atoms with E-state index in [2.05, 4.69) is 0 Å². The summed E-state index contributed by atoms with van der Waals surface area (Å²) in [4.78, 5) is 26.0. The van der Waals surface area contributed by atoms with Crippen molar-refractivity contribution in [3.05, 3.63) is 63.9 Å². The first-order valence-corrected chi connectivity index (χ1v) is 8.10. The number of hydrogen-bond acceptors (Lipinski definition) is 4. The van der Waals surface area contributed by atoms with Crippen molar-refractivity contribution in [2.75, 3.05) is 12.0 Å². The highest BCUT2D eigenvalue weighted by molar-refractivity contribution is 6.31. The van der Waals surface area contributed by atoms with Gasteiger partial charge >= 0.3 is 5.97 Å². The van der Waals surface area contributed by atoms with Gasteiger partial charge in [-0.05, 0) is 31.2 Å². The van der Waals surface area contributed by atoms with E-state index < -0.39 is 23.1 Å². The molecule has 1 unspecified atom stereocenters. The van der Waals surface area contributed by atoms with E-state index in [1.807, 2.05) is 6.07 Å². The molecule has 7 heteroatoms. The van der Waals surface area contributed by atoms with Gasteiger partial charge in [-0.3, -0.25) is 4.79 Å². The quantitative estimate of drug-likeness (QED) is 0.772. The number of ether oxygens (including phenoxy) is 1. The average molecular weight is 373 g/mol. The lowest BCUT2D eigenvalue weighted by Gasteiger charge is -2.20. The maximum Gasteiger partial charge on any atom is 0.337 e. The summed E-state index contributed by atoms with van der Waals surface area (Å²) in [7, 11) is 1.25. The number of halogens is 2. The molecule has 0 N–H and O–H groups in total. The highest BCUT2D eigenvalue weighted by Crippen LogP contribution is 2.43. The molecule has 1 aliphatic rings. The smallest absolute Gasteiger partial charge is 0.337 e. The number of amides is 1. The van der Waals surface area contributed by atoms with Crippen LogP contribution in [0.4, 0.5) is 10.1 Å². The molecule has 5 nitrogen and oxygen atoms in total. The molecule has 1 aliphatic heterocycles. The molecule has 0 aromatic heterocycles. The second-order valence-corrected chi connectivity index (χ2v) is 6.46. The first-order valence-electron chi connectivity index (χ1n) is 7.72. The molecule has 132 valence electrons. The van der Waals surface area contributed by atoms with Crippen molar-refractivity contribution >= 4 is 29.2 Å². The van der Waals surface area contributed by atoms with Gasteiger partial charge in [0.25, 0.3) is 5.91 Å². The fourth-order valence-corrected chi connectivity index (χ4v) is 3.25. The van der Waals surface area contributed by atoms with Crippen molar-refractivity contribution in [2.24, 2.45) is 0 Å². The molecule has 0 radical (unpaired) electrons. The van der Waals surface area contributed by atoms with Crippen molar-refractivity contribution in [1.29, 1.82) is 5.26 Å². The number of carbonyl (C=O) groups excluding carboxylic acids is 2. The molecule has 0 bridgehead atoms. The summed E-state index contributed by atoms with van der Waals surface area (Å²) in [5.74, 6) is -1.63. The Morgan fingerprint density at radius 3 is 2.73 bits per heavy atom. The van der Waals surface area contributed by atoms with E-state index in [9.17, 15) is 19.2 Å². The van der Waals surface area contributed by atoms with Crippen LogP contribution in [0.25, 0.3) is 0 Å². The Labute approximate surface area is 154 Å². The Morgan fingerprint density at radius 2 is 2.12 bits per heavy atom. The van der Waals surface area contributed by atoms with E-state index in [1.165, 1.54) is 49.3 Å². The largest absolute Gasteiger partial charge is 0.465 e. The fraction of sp³-hybridized carbons (Fsp3) is 0.211. The Bertz CT molecular complexity index is 949. The van der Waals surface area contributed by atoms with Crippen LogP contribution in [-0.2, 0) is 21.5 Å². The van der Waals surface area contributed by atoms with E-state index >= 15 is 0 Å². The molecule has 3 rings (SSSR count). The zero-order chi connectivity index (χ0) is 19.1. The average Bonchev–Trinajstić information content (AvgIpc) is 2.85. The van der Waals surface area contributed by atoms with Gasteiger partial charge in [0.1, 0.15) is 5.82 Å². The van der Waals surface area contributed by atoms with Crippen molar-refractivity contribution in [3.63, 3.8) is 0 Å². The summed E-state index contributed by atoms with van der Waals surface area (Å²) >= 11 is 6.07. The molecule has 0 saturated carbocycles. The number of fused-ring (bicyclic) bond motifs is 1. The molecule has 0 spiro atoms. The summed E-state index contributed by atoms with van der Waals surface area (Å²) in [6.45, 7) is 1.34. The van der Waals surface area contributed by atoms with Crippen LogP contribution < -0.4 is 4.90 Å². The Morgan fingerprint density at radius 1 is 1.38 bits per heavy atom. The van der Waals surface area contributed by atoms with Crippen LogP contribution in [0.1, 0.15) is 28.4 Å². The number of benzene rings is 2. The Balaban J connectivity index is 2.14. The number of anilines is 1. The van der Waals surface area contributed by atoms with Crippen LogP contribution >= 0.6 is 11.6 Å². The summed E-state index contributed by atoms with van der Waals surface area (Å²) in [5.41, 5.74) is -0.252. The SMILES string of the molecule is COC(=O)c1ccc2c(c1)N(Cc1c(F)cccc1Cl)C(=O)C2(C)C#N. The van der Waals surface area contributed by atoms with Crippen LogP contribution in [0.5, 0.6) is 0 Å². The lowest BCUT2D eigenvalue weighted by molar-refractivity contribution is -0.121. The Hall–Kier alpha value is -2.91. The van der Waals surface area contributed by atoms with Gasteiger partial charge in [-0.1, -0.05) is 23.7 Å². The molecule has 1 atom stereocenters. The number of nitrogens with zero attached hydrogens (tertiary/aromatic N) is 2. The van der Waals surface area contributed by atoms with E-state index in [0.717, 1.165) is 0 Å². The predicted octanol–water partition coefficient (Wildman–Crippen LogP) is 3.59. The van der Waals surface area contributed by atoms with E-state index in [0.29, 0.717) is 11.3 Å². The summed E-state index contributed by atoms with van der Waals surface area (Å²) in [6, 6.07) is 10.8. The van der Waals surface area contributed by atoms with Gasteiger partial charge in [0, 0.05) is 16.1 Å². The second-order valence-electron chi connectivity index (χ2n) is 6.05. The van der Waals surface area contributed by atoms with Gasteiger partial charge in [0.2, 0.25) is 0 Å². The lowest BCUT2D eigenvalue weighted by Crippen LogP contribution is -2.37. The number of esters is 1. The van der Waals surface area contributed by atoms with Crippen molar-refractivity contribution in [3.8, 4) is 6.07 Å². The fourth-order valence-electron chi connectivity index (χ4n) is 3.02. The molecule has 0 saturated heterocycles. The van der Waals surface area contributed by atoms with Crippen LogP contribution in [-0.4, -0.2) is 19.0 Å². The minimum atomic E-state index is -1.43. The van der Waals surface area contributed by atoms with Gasteiger partial charge in [-0.15, -0.1) is 0 Å². The molecule has 0 aliphatic carbocycles. The van der Waals surface area contributed by atoms with Gasteiger partial charge < -0.3 is 9.64 Å². The predicted molar refractivity (Wildman–Crippen MR) is 93.3 cm³/mol. The number of rotatable bonds is 3. The van der Waals surface area contributed by atoms with Crippen molar-refractivity contribution in [2.45, 2.75) is 18.9 Å². The third-order valence-corrected chi connectivity index (χ3v) is 4.88. The first-order chi connectivity index (χ1) is 12.3. The maximum absolute atomic E-state index is 14.2. The monoisotopic (exact) mass is 372 g/mol. The van der Waals surface area contributed by atoms with E-state index in [-0.39, 0.29) is 22.7 Å². The van der Waals surface area contributed by atoms with Crippen molar-refractivity contribution < 1.29 is 18.7 Å². The van der Waals surface area contributed by atoms with Crippen LogP contribution in [0.15, 0.2) is 36.4 Å². The third kappa shape index (κ3) is 2.61. The van der Waals surface area contributed by atoms with Crippen LogP contribution in [0.2, 0.25) is 5.02 Å². The third-order valence-electron chi connectivity index (χ3n) is 4.52. The zero-order valence-electron chi connectivity index (χ0n) is 14.0. The van der Waals surface area contributed by atoms with Gasteiger partial charge in [-0.2, -0.15) is 5.26 Å². The molecule has 2 aromatic carbocycles. The molecule has 1 amide bonds. The van der Waals surface area contributed by atoms with Crippen LogP contribution in [0, 0.1) is 17.1 Å². The molecule has 0 fully saturated rings. The van der Waals surface area contributed by atoms with Gasteiger partial charge in [0.05, 0.1) is 31.0 Å². The summed E-state index contributed by atoms with van der Waals surface area (Å²) < 4.78 is 18.9. The zero-order valence-corrected chi connectivity index (χ0v) is 14.8. The topological polar surface area (TPSA) is 70.4 Å². The summed E-state index contributed by atoms with van der Waals surface area (Å²) in [6.07, 6.45) is 0. The molecular formula is C19H14ClFN2O3. The number of carbonyl (C=O) groups is 2. The van der Waals surface area contributed by atoms with E-state index in [4.69, 9.17) is 16.3 Å². The van der Waals surface area contributed by atoms with E-state index in [1.54, 1.807) is 6.07 Å². The van der Waals surface area contributed by atoms with Crippen LogP contribution in [0.3, 0.4) is 0 Å².